The molecule has 3 nitrogen and oxygen atoms in total. The van der Waals surface area contributed by atoms with E-state index in [0.29, 0.717) is 12.6 Å². The lowest BCUT2D eigenvalue weighted by Gasteiger charge is -2.29. The summed E-state index contributed by atoms with van der Waals surface area (Å²) in [5, 5.41) is 3.17. The second kappa shape index (κ2) is 7.44. The monoisotopic (exact) mass is 274 g/mol. The van der Waals surface area contributed by atoms with Crippen molar-refractivity contribution in [3.63, 3.8) is 0 Å². The number of rotatable bonds is 5. The number of benzene rings is 1. The van der Waals surface area contributed by atoms with Gasteiger partial charge in [0.05, 0.1) is 0 Å². The number of hydrogen-bond donors (Lipinski definition) is 2. The molecule has 1 fully saturated rings. The molecule has 1 amide bonds. The molecule has 3 heteroatoms. The first-order valence-electron chi connectivity index (χ1n) is 7.82. The number of nitrogens with one attached hydrogen (secondary N) is 1. The van der Waals surface area contributed by atoms with Crippen molar-refractivity contribution < 1.29 is 4.79 Å². The molecule has 1 saturated carbocycles. The van der Waals surface area contributed by atoms with Gasteiger partial charge in [0, 0.05) is 18.2 Å². The van der Waals surface area contributed by atoms with Gasteiger partial charge in [-0.2, -0.15) is 0 Å². The second-order valence-corrected chi connectivity index (χ2v) is 5.88. The van der Waals surface area contributed by atoms with Crippen molar-refractivity contribution in [3.8, 4) is 0 Å². The van der Waals surface area contributed by atoms with E-state index in [1.807, 2.05) is 24.3 Å². The van der Waals surface area contributed by atoms with Crippen molar-refractivity contribution in [1.29, 1.82) is 0 Å². The molecule has 0 unspecified atom stereocenters. The standard InChI is InChI=1S/C17H26N2O/c1-2-4-13-7-9-16(10-8-13)19-17(20)15-6-3-5-14(11-15)12-18/h3,5-6,11,13,16H,2,4,7-10,12,18H2,1H3,(H,19,20). The zero-order chi connectivity index (χ0) is 14.4. The van der Waals surface area contributed by atoms with Crippen LogP contribution in [-0.2, 0) is 6.54 Å². The molecular weight excluding hydrogens is 248 g/mol. The highest BCUT2D eigenvalue weighted by molar-refractivity contribution is 5.94. The van der Waals surface area contributed by atoms with Crippen molar-refractivity contribution in [1.82, 2.24) is 5.32 Å². The molecule has 0 spiro atoms. The third kappa shape index (κ3) is 4.07. The van der Waals surface area contributed by atoms with Crippen LogP contribution in [0, 0.1) is 5.92 Å². The Labute approximate surface area is 121 Å². The molecule has 0 saturated heterocycles. The normalized spacial score (nSPS) is 22.5. The zero-order valence-electron chi connectivity index (χ0n) is 12.4. The first-order chi connectivity index (χ1) is 9.72. The first-order valence-corrected chi connectivity index (χ1v) is 7.82. The molecule has 0 radical (unpaired) electrons. The van der Waals surface area contributed by atoms with E-state index >= 15 is 0 Å². The summed E-state index contributed by atoms with van der Waals surface area (Å²) in [5.74, 6) is 0.910. The predicted octanol–water partition coefficient (Wildman–Crippen LogP) is 3.23. The fourth-order valence-corrected chi connectivity index (χ4v) is 3.11. The Morgan fingerprint density at radius 3 is 2.70 bits per heavy atom. The van der Waals surface area contributed by atoms with E-state index in [1.165, 1.54) is 25.7 Å². The molecule has 110 valence electrons. The lowest BCUT2D eigenvalue weighted by atomic mass is 9.83. The molecule has 0 atom stereocenters. The van der Waals surface area contributed by atoms with Crippen LogP contribution in [0.5, 0.6) is 0 Å². The molecule has 1 aliphatic carbocycles. The number of nitrogens with two attached hydrogens (primary N) is 1. The summed E-state index contributed by atoms with van der Waals surface area (Å²) in [7, 11) is 0. The summed E-state index contributed by atoms with van der Waals surface area (Å²) >= 11 is 0. The van der Waals surface area contributed by atoms with Crippen molar-refractivity contribution in [2.75, 3.05) is 0 Å². The van der Waals surface area contributed by atoms with Crippen LogP contribution in [0.2, 0.25) is 0 Å². The molecule has 0 heterocycles. The summed E-state index contributed by atoms with van der Waals surface area (Å²) < 4.78 is 0. The first kappa shape index (κ1) is 15.0. The van der Waals surface area contributed by atoms with Gasteiger partial charge in [-0.3, -0.25) is 4.79 Å². The topological polar surface area (TPSA) is 55.1 Å². The third-order valence-corrected chi connectivity index (χ3v) is 4.30. The van der Waals surface area contributed by atoms with E-state index in [2.05, 4.69) is 12.2 Å². The highest BCUT2D eigenvalue weighted by Crippen LogP contribution is 2.27. The van der Waals surface area contributed by atoms with Crippen LogP contribution in [0.1, 0.15) is 61.4 Å². The van der Waals surface area contributed by atoms with Gasteiger partial charge < -0.3 is 11.1 Å². The SMILES string of the molecule is CCCC1CCC(NC(=O)c2cccc(CN)c2)CC1. The molecule has 0 aliphatic heterocycles. The van der Waals surface area contributed by atoms with E-state index in [-0.39, 0.29) is 5.91 Å². The molecule has 3 N–H and O–H groups in total. The van der Waals surface area contributed by atoms with Crippen molar-refractivity contribution in [3.05, 3.63) is 35.4 Å². The maximum atomic E-state index is 12.2. The molecule has 0 aromatic heterocycles. The predicted molar refractivity (Wildman–Crippen MR) is 82.5 cm³/mol. The Balaban J connectivity index is 1.86. The van der Waals surface area contributed by atoms with E-state index in [4.69, 9.17) is 5.73 Å². The van der Waals surface area contributed by atoms with Gasteiger partial charge in [-0.25, -0.2) is 0 Å². The molecule has 2 rings (SSSR count). The summed E-state index contributed by atoms with van der Waals surface area (Å²) in [5.41, 5.74) is 7.34. The van der Waals surface area contributed by atoms with Crippen LogP contribution in [0.4, 0.5) is 0 Å². The van der Waals surface area contributed by atoms with Gasteiger partial charge in [0.1, 0.15) is 0 Å². The number of carbonyl (C=O) groups is 1. The van der Waals surface area contributed by atoms with Crippen LogP contribution in [0.15, 0.2) is 24.3 Å². The Hall–Kier alpha value is -1.35. The Morgan fingerprint density at radius 1 is 1.30 bits per heavy atom. The molecule has 1 aromatic rings. The molecule has 1 aliphatic rings. The Morgan fingerprint density at radius 2 is 2.05 bits per heavy atom. The van der Waals surface area contributed by atoms with Gasteiger partial charge in [0.15, 0.2) is 0 Å². The third-order valence-electron chi connectivity index (χ3n) is 4.30. The summed E-state index contributed by atoms with van der Waals surface area (Å²) in [6.07, 6.45) is 7.34. The smallest absolute Gasteiger partial charge is 0.251 e. The van der Waals surface area contributed by atoms with Crippen LogP contribution in [-0.4, -0.2) is 11.9 Å². The quantitative estimate of drug-likeness (QED) is 0.866. The average Bonchev–Trinajstić information content (AvgIpc) is 2.49. The highest BCUT2D eigenvalue weighted by Gasteiger charge is 2.22. The maximum absolute atomic E-state index is 12.2. The van der Waals surface area contributed by atoms with Crippen molar-refractivity contribution in [2.45, 2.75) is 58.0 Å². The van der Waals surface area contributed by atoms with Crippen LogP contribution >= 0.6 is 0 Å². The van der Waals surface area contributed by atoms with Crippen LogP contribution in [0.3, 0.4) is 0 Å². The minimum Gasteiger partial charge on any atom is -0.349 e. The Bertz CT molecular complexity index is 436. The summed E-state index contributed by atoms with van der Waals surface area (Å²) in [6, 6.07) is 7.94. The van der Waals surface area contributed by atoms with Gasteiger partial charge in [0.25, 0.3) is 5.91 Å². The zero-order valence-corrected chi connectivity index (χ0v) is 12.4. The maximum Gasteiger partial charge on any atom is 0.251 e. The molecule has 0 bridgehead atoms. The van der Waals surface area contributed by atoms with Crippen molar-refractivity contribution in [2.24, 2.45) is 11.7 Å². The van der Waals surface area contributed by atoms with E-state index in [1.54, 1.807) is 0 Å². The second-order valence-electron chi connectivity index (χ2n) is 5.88. The highest BCUT2D eigenvalue weighted by atomic mass is 16.1. The number of amides is 1. The minimum atomic E-state index is 0.0410. The molecule has 20 heavy (non-hydrogen) atoms. The van der Waals surface area contributed by atoms with E-state index in [9.17, 15) is 4.79 Å². The number of hydrogen-bond acceptors (Lipinski definition) is 2. The largest absolute Gasteiger partial charge is 0.349 e. The van der Waals surface area contributed by atoms with Crippen molar-refractivity contribution >= 4 is 5.91 Å². The summed E-state index contributed by atoms with van der Waals surface area (Å²) in [4.78, 5) is 12.2. The van der Waals surface area contributed by atoms with Crippen LogP contribution < -0.4 is 11.1 Å². The van der Waals surface area contributed by atoms with Gasteiger partial charge >= 0.3 is 0 Å². The molecular formula is C17H26N2O. The number of carbonyl (C=O) groups excluding carboxylic acids is 1. The van der Waals surface area contributed by atoms with Gasteiger partial charge in [0.2, 0.25) is 0 Å². The lowest BCUT2D eigenvalue weighted by Crippen LogP contribution is -2.37. The van der Waals surface area contributed by atoms with Crippen LogP contribution in [0.25, 0.3) is 0 Å². The van der Waals surface area contributed by atoms with E-state index < -0.39 is 0 Å². The molecule has 1 aromatic carbocycles. The van der Waals surface area contributed by atoms with Gasteiger partial charge in [-0.05, 0) is 49.3 Å². The van der Waals surface area contributed by atoms with Gasteiger partial charge in [-0.15, -0.1) is 0 Å². The van der Waals surface area contributed by atoms with Gasteiger partial charge in [-0.1, -0.05) is 31.9 Å². The Kier molecular flexibility index (Phi) is 5.60. The van der Waals surface area contributed by atoms with E-state index in [0.717, 1.165) is 29.9 Å². The fourth-order valence-electron chi connectivity index (χ4n) is 3.11. The summed E-state index contributed by atoms with van der Waals surface area (Å²) in [6.45, 7) is 2.72. The fraction of sp³-hybridized carbons (Fsp3) is 0.588. The lowest BCUT2D eigenvalue weighted by molar-refractivity contribution is 0.0921. The average molecular weight is 274 g/mol. The minimum absolute atomic E-state index is 0.0410.